The Morgan fingerprint density at radius 2 is 1.18 bits per heavy atom. The van der Waals surface area contributed by atoms with E-state index >= 15 is 0 Å². The van der Waals surface area contributed by atoms with E-state index in [1.807, 2.05) is 0 Å². The molecular formula is C9H23ClSi. The minimum Gasteiger partial charge on any atom is -0.123 e. The molecule has 0 amide bonds. The van der Waals surface area contributed by atoms with Gasteiger partial charge in [0.1, 0.15) is 0 Å². The van der Waals surface area contributed by atoms with Crippen molar-refractivity contribution in [1.82, 2.24) is 0 Å². The zero-order valence-electron chi connectivity index (χ0n) is 7.52. The van der Waals surface area contributed by atoms with Crippen molar-refractivity contribution in [3.63, 3.8) is 0 Å². The fourth-order valence-electron chi connectivity index (χ4n) is 1.12. The molecular weight excluding hydrogens is 172 g/mol. The average molecular weight is 195 g/mol. The van der Waals surface area contributed by atoms with E-state index in [-0.39, 0.29) is 11.0 Å². The molecule has 0 radical (unpaired) electrons. The predicted molar refractivity (Wildman–Crippen MR) is 59.9 cm³/mol. The number of hydrogen-bond acceptors (Lipinski definition) is 0. The van der Waals surface area contributed by atoms with E-state index in [9.17, 15) is 0 Å². The second-order valence-corrected chi connectivity index (χ2v) is 4.47. The number of rotatable bonds is 4. The molecule has 2 heteroatoms. The molecule has 0 rings (SSSR count). The molecule has 0 aromatic carbocycles. The topological polar surface area (TPSA) is 0 Å². The van der Waals surface area contributed by atoms with Crippen molar-refractivity contribution in [2.75, 3.05) is 0 Å². The molecule has 0 bridgehead atoms. The summed E-state index contributed by atoms with van der Waals surface area (Å²) >= 11 is 6.07. The second kappa shape index (κ2) is 7.17. The van der Waals surface area contributed by atoms with Crippen LogP contribution in [0, 0.1) is 11.8 Å². The molecule has 70 valence electrons. The molecule has 0 heterocycles. The van der Waals surface area contributed by atoms with E-state index in [4.69, 9.17) is 11.6 Å². The monoisotopic (exact) mass is 194 g/mol. The third kappa shape index (κ3) is 10.5. The van der Waals surface area contributed by atoms with Crippen molar-refractivity contribution in [3.8, 4) is 0 Å². The van der Waals surface area contributed by atoms with Crippen LogP contribution < -0.4 is 0 Å². The summed E-state index contributed by atoms with van der Waals surface area (Å²) in [4.78, 5) is 0. The van der Waals surface area contributed by atoms with Crippen molar-refractivity contribution in [2.24, 2.45) is 11.8 Å². The van der Waals surface area contributed by atoms with Gasteiger partial charge in [0, 0.05) is 5.38 Å². The van der Waals surface area contributed by atoms with E-state index in [2.05, 4.69) is 27.7 Å². The highest BCUT2D eigenvalue weighted by Crippen LogP contribution is 2.17. The van der Waals surface area contributed by atoms with Crippen LogP contribution >= 0.6 is 11.6 Å². The highest BCUT2D eigenvalue weighted by Gasteiger charge is 2.08. The standard InChI is InChI=1S/C9H19Cl.H4Si/c1-7(2)5-9(10)6-8(3)4;/h7-9H,5-6H2,1-4H3;1H4. The van der Waals surface area contributed by atoms with Crippen molar-refractivity contribution in [3.05, 3.63) is 0 Å². The van der Waals surface area contributed by atoms with Crippen molar-refractivity contribution < 1.29 is 0 Å². The van der Waals surface area contributed by atoms with Crippen LogP contribution in [0.2, 0.25) is 0 Å². The minimum atomic E-state index is 0. The Balaban J connectivity index is 0. The first-order valence-electron chi connectivity index (χ1n) is 4.16. The van der Waals surface area contributed by atoms with Crippen molar-refractivity contribution >= 4 is 22.6 Å². The molecule has 0 aliphatic rings. The lowest BCUT2D eigenvalue weighted by molar-refractivity contribution is 0.487. The van der Waals surface area contributed by atoms with E-state index < -0.39 is 0 Å². The smallest absolute Gasteiger partial charge is 0.0340 e. The van der Waals surface area contributed by atoms with Crippen molar-refractivity contribution in [1.29, 1.82) is 0 Å². The summed E-state index contributed by atoms with van der Waals surface area (Å²) < 4.78 is 0. The Labute approximate surface area is 80.7 Å². The molecule has 0 unspecified atom stereocenters. The summed E-state index contributed by atoms with van der Waals surface area (Å²) in [6.45, 7) is 8.87. The second-order valence-electron chi connectivity index (χ2n) is 3.86. The first-order valence-corrected chi connectivity index (χ1v) is 4.60. The summed E-state index contributed by atoms with van der Waals surface area (Å²) in [6, 6.07) is 0. The van der Waals surface area contributed by atoms with Crippen molar-refractivity contribution in [2.45, 2.75) is 45.9 Å². The molecule has 11 heavy (non-hydrogen) atoms. The molecule has 0 saturated heterocycles. The number of alkyl halides is 1. The minimum absolute atomic E-state index is 0. The first kappa shape index (κ1) is 14.1. The zero-order chi connectivity index (χ0) is 8.15. The molecule has 0 spiro atoms. The Hall–Kier alpha value is 0.507. The van der Waals surface area contributed by atoms with Gasteiger partial charge in [-0.1, -0.05) is 27.7 Å². The van der Waals surface area contributed by atoms with E-state index in [0.29, 0.717) is 5.38 Å². The predicted octanol–water partition coefficient (Wildman–Crippen LogP) is 2.23. The van der Waals surface area contributed by atoms with Gasteiger partial charge in [-0.3, -0.25) is 0 Å². The third-order valence-corrected chi connectivity index (χ3v) is 1.81. The normalized spacial score (nSPS) is 10.9. The molecule has 0 aliphatic heterocycles. The van der Waals surface area contributed by atoms with Gasteiger partial charge in [0.05, 0.1) is 0 Å². The number of halogens is 1. The Morgan fingerprint density at radius 3 is 1.36 bits per heavy atom. The molecule has 0 N–H and O–H groups in total. The highest BCUT2D eigenvalue weighted by molar-refractivity contribution is 6.20. The maximum absolute atomic E-state index is 6.07. The average Bonchev–Trinajstić information content (AvgIpc) is 1.58. The molecule has 0 aromatic rings. The molecule has 0 fully saturated rings. The highest BCUT2D eigenvalue weighted by atomic mass is 35.5. The van der Waals surface area contributed by atoms with Crippen LogP contribution in [0.25, 0.3) is 0 Å². The van der Waals surface area contributed by atoms with Gasteiger partial charge in [0.15, 0.2) is 0 Å². The quantitative estimate of drug-likeness (QED) is 0.476. The van der Waals surface area contributed by atoms with E-state index in [0.717, 1.165) is 24.7 Å². The summed E-state index contributed by atoms with van der Waals surface area (Å²) in [5, 5.41) is 0.389. The zero-order valence-corrected chi connectivity index (χ0v) is 8.28. The summed E-state index contributed by atoms with van der Waals surface area (Å²) in [5.41, 5.74) is 0. The van der Waals surface area contributed by atoms with Crippen LogP contribution in [0.3, 0.4) is 0 Å². The van der Waals surface area contributed by atoms with Crippen LogP contribution in [-0.4, -0.2) is 16.3 Å². The van der Waals surface area contributed by atoms with Gasteiger partial charge in [0.25, 0.3) is 0 Å². The van der Waals surface area contributed by atoms with Gasteiger partial charge in [0.2, 0.25) is 0 Å². The lowest BCUT2D eigenvalue weighted by atomic mass is 10.0. The lowest BCUT2D eigenvalue weighted by Crippen LogP contribution is -2.06. The maximum atomic E-state index is 6.07. The third-order valence-electron chi connectivity index (χ3n) is 1.45. The van der Waals surface area contributed by atoms with Gasteiger partial charge >= 0.3 is 0 Å². The molecule has 0 aromatic heterocycles. The van der Waals surface area contributed by atoms with E-state index in [1.165, 1.54) is 0 Å². The van der Waals surface area contributed by atoms with Crippen LogP contribution in [0.4, 0.5) is 0 Å². The van der Waals surface area contributed by atoms with Gasteiger partial charge in [-0.2, -0.15) is 0 Å². The maximum Gasteiger partial charge on any atom is 0.0340 e. The van der Waals surface area contributed by atoms with Crippen LogP contribution in [0.5, 0.6) is 0 Å². The van der Waals surface area contributed by atoms with E-state index in [1.54, 1.807) is 0 Å². The van der Waals surface area contributed by atoms with Crippen LogP contribution in [0.15, 0.2) is 0 Å². The summed E-state index contributed by atoms with van der Waals surface area (Å²) in [6.07, 6.45) is 2.31. The Kier molecular flexibility index (Phi) is 9.16. The fraction of sp³-hybridized carbons (Fsp3) is 1.00. The number of hydrogen-bond donors (Lipinski definition) is 0. The van der Waals surface area contributed by atoms with Crippen LogP contribution in [0.1, 0.15) is 40.5 Å². The summed E-state index contributed by atoms with van der Waals surface area (Å²) in [7, 11) is 0. The van der Waals surface area contributed by atoms with Crippen LogP contribution in [-0.2, 0) is 0 Å². The first-order chi connectivity index (χ1) is 4.52. The fourth-order valence-corrected chi connectivity index (χ4v) is 1.83. The molecule has 0 saturated carbocycles. The van der Waals surface area contributed by atoms with Gasteiger partial charge in [-0.05, 0) is 35.6 Å². The summed E-state index contributed by atoms with van der Waals surface area (Å²) in [5.74, 6) is 1.47. The Bertz CT molecular complexity index is 71.6. The Morgan fingerprint density at radius 1 is 0.909 bits per heavy atom. The molecule has 0 nitrogen and oxygen atoms in total. The van der Waals surface area contributed by atoms with Gasteiger partial charge < -0.3 is 0 Å². The molecule has 0 aliphatic carbocycles. The van der Waals surface area contributed by atoms with Gasteiger partial charge in [-0.15, -0.1) is 11.6 Å². The largest absolute Gasteiger partial charge is 0.123 e. The van der Waals surface area contributed by atoms with Gasteiger partial charge in [-0.25, -0.2) is 0 Å². The molecule has 0 atom stereocenters. The SMILES string of the molecule is CC(C)CC(Cl)CC(C)C.[SiH4]. The lowest BCUT2D eigenvalue weighted by Gasteiger charge is -2.13.